The van der Waals surface area contributed by atoms with E-state index in [4.69, 9.17) is 28.2 Å². The van der Waals surface area contributed by atoms with Crippen molar-refractivity contribution in [2.45, 2.75) is 268 Å². The first-order valence-corrected chi connectivity index (χ1v) is 48.4. The smallest absolute Gasteiger partial charge is 0.219 e. The average molecular weight is 1840 g/mol. The summed E-state index contributed by atoms with van der Waals surface area (Å²) in [4.78, 5) is 30.9. The lowest BCUT2D eigenvalue weighted by Gasteiger charge is -2.38. The first-order chi connectivity index (χ1) is 64.4. The number of nitrogens with zero attached hydrogens (tertiary/aromatic N) is 16. The molecule has 4 fully saturated rings. The number of para-hydroxylation sites is 1. The molecule has 722 valence electrons. The Bertz CT molecular complexity index is 6620. The van der Waals surface area contributed by atoms with Gasteiger partial charge >= 0.3 is 0 Å². The summed E-state index contributed by atoms with van der Waals surface area (Å²) in [6.45, 7) is 64.8. The van der Waals surface area contributed by atoms with Gasteiger partial charge in [0.15, 0.2) is 22.7 Å². The number of benzene rings is 6. The van der Waals surface area contributed by atoms with Crippen molar-refractivity contribution in [3.63, 3.8) is 0 Å². The number of methoxy groups -OCH3 is 1. The van der Waals surface area contributed by atoms with Crippen LogP contribution in [-0.4, -0.2) is 151 Å². The number of aromatic nitrogens is 15. The molecule has 1 unspecified atom stereocenters. The predicted molar refractivity (Wildman–Crippen MR) is 554 cm³/mol. The molecule has 4 aliphatic rings. The molecule has 0 bridgehead atoms. The van der Waals surface area contributed by atoms with Crippen LogP contribution in [0.5, 0.6) is 11.5 Å². The number of carbonyl (C=O) groups is 1. The van der Waals surface area contributed by atoms with Crippen molar-refractivity contribution >= 4 is 82.4 Å². The summed E-state index contributed by atoms with van der Waals surface area (Å²) in [5.74, 6) is 4.16. The number of carbonyl (C=O) groups excluding carboxylic acids is 1. The highest BCUT2D eigenvalue weighted by Gasteiger charge is 2.38. The molecule has 0 aliphatic carbocycles. The Balaban J connectivity index is 0.000000138. The molecule has 10 aromatic heterocycles. The number of ether oxygens (including phenoxy) is 5. The van der Waals surface area contributed by atoms with Crippen molar-refractivity contribution in [1.82, 2.24) is 78.9 Å². The Hall–Kier alpha value is -12.1. The molecule has 14 heterocycles. The third kappa shape index (κ3) is 25.6. The Kier molecular flexibility index (Phi) is 33.6. The number of hydrogen-bond acceptors (Lipinski definition) is 17. The number of hydrogen-bond donors (Lipinski definition) is 0. The molecule has 23 nitrogen and oxygen atoms in total. The Morgan fingerprint density at radius 2 is 0.993 bits per heavy atom. The quantitative estimate of drug-likeness (QED) is 0.111. The highest BCUT2D eigenvalue weighted by molar-refractivity contribution is 5.84. The minimum Gasteiger partial charge on any atom is -0.493 e. The van der Waals surface area contributed by atoms with E-state index in [9.17, 15) is 4.79 Å². The molecule has 0 N–H and O–H groups in total. The van der Waals surface area contributed by atoms with Crippen LogP contribution in [0, 0.1) is 13.8 Å². The van der Waals surface area contributed by atoms with Crippen molar-refractivity contribution < 1.29 is 33.0 Å². The van der Waals surface area contributed by atoms with Crippen LogP contribution >= 0.6 is 0 Å². The fraction of sp³-hybridized carbons (Fsp3) is 0.460. The third-order valence-electron chi connectivity index (χ3n) is 25.3. The lowest BCUT2D eigenvalue weighted by Crippen LogP contribution is -2.50. The van der Waals surface area contributed by atoms with Gasteiger partial charge in [-0.1, -0.05) is 242 Å². The normalized spacial score (nSPS) is 14.9. The van der Waals surface area contributed by atoms with Gasteiger partial charge in [0.1, 0.15) is 5.54 Å². The average Bonchev–Trinajstić information content (AvgIpc) is 1.56. The van der Waals surface area contributed by atoms with Gasteiger partial charge in [0.2, 0.25) is 5.91 Å². The first kappa shape index (κ1) is 103. The topological polar surface area (TPSA) is 233 Å². The van der Waals surface area contributed by atoms with Crippen LogP contribution in [0.4, 0.5) is 0 Å². The minimum absolute atomic E-state index is 0.0260. The van der Waals surface area contributed by atoms with Gasteiger partial charge in [0.25, 0.3) is 0 Å². The number of fused-ring (bicyclic) bond motifs is 7. The summed E-state index contributed by atoms with van der Waals surface area (Å²) in [5, 5.41) is 34.6. The van der Waals surface area contributed by atoms with Crippen LogP contribution in [0.25, 0.3) is 76.5 Å². The van der Waals surface area contributed by atoms with Crippen LogP contribution in [0.15, 0.2) is 205 Å². The maximum atomic E-state index is 11.3. The predicted octanol–water partition coefficient (Wildman–Crippen LogP) is 25.9. The molecule has 20 rings (SSSR count). The molecule has 0 spiro atoms. The summed E-state index contributed by atoms with van der Waals surface area (Å²) in [5.41, 5.74) is 21.6. The molecule has 4 aliphatic heterocycles. The van der Waals surface area contributed by atoms with Crippen LogP contribution in [0.1, 0.15) is 289 Å². The van der Waals surface area contributed by atoms with E-state index >= 15 is 0 Å². The Morgan fingerprint density at radius 3 is 1.49 bits per heavy atom. The maximum absolute atomic E-state index is 11.3. The summed E-state index contributed by atoms with van der Waals surface area (Å²) < 4.78 is 42.1. The lowest BCUT2D eigenvalue weighted by atomic mass is 9.86. The van der Waals surface area contributed by atoms with E-state index in [1.54, 1.807) is 20.2 Å². The number of likely N-dealkylation sites (tertiary alicyclic amines) is 1. The van der Waals surface area contributed by atoms with Gasteiger partial charge in [-0.3, -0.25) is 43.2 Å². The van der Waals surface area contributed by atoms with Gasteiger partial charge in [-0.2, -0.15) is 25.5 Å². The first-order valence-electron chi connectivity index (χ1n) is 48.4. The highest BCUT2D eigenvalue weighted by atomic mass is 16.5. The van der Waals surface area contributed by atoms with E-state index in [1.807, 2.05) is 105 Å². The SMILES string of the molecule is CC(=O)N1CC(n2ncc3ccc(C(C)(C)C)cc32)C1.CC(C)(C)c1ccc2cnn(C3(C)COC3)c2c1.CC(C)(C)c1ccc2cnn(C3CCOC3)c2c1.CC(C)c1ccc2ccccc2n1.CC(C)c1ccc2cnn(C3COC3)c2c1.CC(C)c1ccccn1.CCOc1cnc(C(C)C)cc1OC.Cc1nn(C)c2nc(C(C)(C)C)ccc12.Cc1noc2cc(C(C)C)ccc12. The molecule has 16 aromatic rings. The van der Waals surface area contributed by atoms with E-state index in [0.717, 1.165) is 121 Å². The second-order valence-corrected chi connectivity index (χ2v) is 42.2. The summed E-state index contributed by atoms with van der Waals surface area (Å²) in [6.07, 6.45) is 12.4. The second-order valence-electron chi connectivity index (χ2n) is 42.2. The molecule has 6 aromatic carbocycles. The zero-order valence-electron chi connectivity index (χ0n) is 86.3. The Labute approximate surface area is 805 Å². The molecule has 1 atom stereocenters. The number of pyridine rings is 4. The number of aryl methyl sites for hydroxylation is 3. The third-order valence-corrected chi connectivity index (χ3v) is 25.3. The standard InChI is InChI=1S/C16H21N3O.2C15H20N2O.C13H16N2O.C12H17N3.C12H13N.C11H17NO2.C11H13NO.C8H11N/c1-11(20)18-9-14(10-18)19-15-7-13(16(2,3)4)6-5-12(15)8-17-19;1-14(2,3)12-6-5-11-8-16-17(13(11)7-12)15(4)9-18-10-15;1-15(2,3)12-5-4-11-9-16-17(14(11)8-12)13-6-7-18-10-13;1-9(2)10-3-4-11-6-14-15(13(11)5-10)12-7-16-8-12;1-8-9-6-7-10(12(2,3)4)13-11(9)15(5)14-8;1-9(2)11-8-7-10-5-3-4-6-12(10)13-11;1-5-14-11-7-12-9(8(2)3)6-10(11)13-4;1-7(2)9-4-5-10-8(3)12-13-11(10)6-9;1-7(2)8-5-3-4-6-9-8/h5-8,14H,9-10H2,1-4H3;5-8H,9-10H2,1-4H3;4-5,8-9,13H,6-7,10H2,1-3H3;3-6,9,12H,7-8H2,1-2H3;6-7H,1-5H3;3-9H,1-2H3;6-8H,5H2,1-4H3;4-7H,1-3H3;3-7H,1-2H3. The maximum Gasteiger partial charge on any atom is 0.219 e. The molecule has 4 saturated heterocycles. The van der Waals surface area contributed by atoms with Crippen molar-refractivity contribution in [3.05, 3.63) is 263 Å². The van der Waals surface area contributed by atoms with Gasteiger partial charge in [-0.15, -0.1) is 0 Å². The van der Waals surface area contributed by atoms with Gasteiger partial charge in [0, 0.05) is 112 Å². The highest BCUT2D eigenvalue weighted by Crippen LogP contribution is 2.37. The van der Waals surface area contributed by atoms with E-state index in [0.29, 0.717) is 60.1 Å². The fourth-order valence-corrected chi connectivity index (χ4v) is 16.1. The van der Waals surface area contributed by atoms with Gasteiger partial charge < -0.3 is 33.1 Å². The van der Waals surface area contributed by atoms with Gasteiger partial charge in [-0.25, -0.2) is 4.98 Å². The molecule has 1 amide bonds. The summed E-state index contributed by atoms with van der Waals surface area (Å²) in [7, 11) is 3.58. The van der Waals surface area contributed by atoms with E-state index in [1.165, 1.54) is 82.5 Å². The van der Waals surface area contributed by atoms with Crippen LogP contribution < -0.4 is 9.47 Å². The summed E-state index contributed by atoms with van der Waals surface area (Å²) in [6, 6.07) is 58.5. The summed E-state index contributed by atoms with van der Waals surface area (Å²) >= 11 is 0. The fourth-order valence-electron chi connectivity index (χ4n) is 16.1. The Morgan fingerprint density at radius 1 is 0.478 bits per heavy atom. The lowest BCUT2D eigenvalue weighted by molar-refractivity contribution is -0.134. The van der Waals surface area contributed by atoms with Gasteiger partial charge in [0.05, 0.1) is 135 Å². The molecule has 0 radical (unpaired) electrons. The number of rotatable bonds is 12. The number of amides is 1. The van der Waals surface area contributed by atoms with Crippen molar-refractivity contribution in [2.24, 2.45) is 7.05 Å². The van der Waals surface area contributed by atoms with Crippen molar-refractivity contribution in [1.29, 1.82) is 0 Å². The van der Waals surface area contributed by atoms with Crippen molar-refractivity contribution in [3.8, 4) is 11.5 Å². The van der Waals surface area contributed by atoms with Gasteiger partial charge in [-0.05, 0) is 181 Å². The zero-order valence-corrected chi connectivity index (χ0v) is 86.3. The zero-order chi connectivity index (χ0) is 98.5. The second kappa shape index (κ2) is 44.4. The van der Waals surface area contributed by atoms with E-state index in [-0.39, 0.29) is 33.1 Å². The van der Waals surface area contributed by atoms with E-state index < -0.39 is 0 Å². The van der Waals surface area contributed by atoms with Crippen LogP contribution in [0.2, 0.25) is 0 Å². The molecular formula is C113H148N16O7. The van der Waals surface area contributed by atoms with E-state index in [2.05, 4.69) is 356 Å². The van der Waals surface area contributed by atoms with Crippen LogP contribution in [0.3, 0.4) is 0 Å². The van der Waals surface area contributed by atoms with Crippen LogP contribution in [-0.2, 0) is 53.3 Å². The molecule has 0 saturated carbocycles. The minimum atomic E-state index is 0.0260. The monoisotopic (exact) mass is 1840 g/mol. The molecule has 136 heavy (non-hydrogen) atoms. The molecular weight excluding hydrogens is 1690 g/mol. The van der Waals surface area contributed by atoms with Crippen molar-refractivity contribution in [2.75, 3.05) is 66.4 Å². The molecule has 23 heteroatoms. The largest absolute Gasteiger partial charge is 0.493 e.